The molecule has 1 aromatic heterocycles. The molecule has 0 radical (unpaired) electrons. The van der Waals surface area contributed by atoms with Gasteiger partial charge < -0.3 is 24.4 Å². The molecule has 1 saturated heterocycles. The second-order valence-corrected chi connectivity index (χ2v) is 8.84. The minimum atomic E-state index is -1.29. The normalized spacial score (nSPS) is 22.0. The Kier molecular flexibility index (Phi) is 6.57. The fourth-order valence-electron chi connectivity index (χ4n) is 4.17. The third-order valence-corrected chi connectivity index (χ3v) is 6.33. The Bertz CT molecular complexity index is 982. The third kappa shape index (κ3) is 4.99. The second-order valence-electron chi connectivity index (χ2n) is 8.84. The molecule has 168 valence electrons. The molecule has 7 nitrogen and oxygen atoms in total. The second kappa shape index (κ2) is 8.85. The predicted octanol–water partition coefficient (Wildman–Crippen LogP) is 3.24. The maximum atomic E-state index is 12.8. The Balaban J connectivity index is 1.73. The molecule has 31 heavy (non-hydrogen) atoms. The summed E-state index contributed by atoms with van der Waals surface area (Å²) in [6.07, 6.45) is 2.69. The van der Waals surface area contributed by atoms with Gasteiger partial charge in [0, 0.05) is 38.7 Å². The lowest BCUT2D eigenvalue weighted by molar-refractivity contribution is -0.114. The van der Waals surface area contributed by atoms with Gasteiger partial charge >= 0.3 is 6.09 Å². The molecular weight excluding hydrogens is 396 g/mol. The summed E-state index contributed by atoms with van der Waals surface area (Å²) in [6.45, 7) is 5.56. The summed E-state index contributed by atoms with van der Waals surface area (Å²) >= 11 is 0. The van der Waals surface area contributed by atoms with E-state index in [0.717, 1.165) is 16.7 Å². The molecule has 1 aliphatic heterocycles. The number of hydrogen-bond acceptors (Lipinski definition) is 5. The number of nitrogens with zero attached hydrogens (tertiary/aromatic N) is 2. The fraction of sp³-hybridized carbons (Fsp3) is 0.500. The Morgan fingerprint density at radius 1 is 1.19 bits per heavy atom. The van der Waals surface area contributed by atoms with Crippen molar-refractivity contribution in [3.05, 3.63) is 58.5 Å². The van der Waals surface area contributed by atoms with Gasteiger partial charge in [0.1, 0.15) is 5.60 Å². The van der Waals surface area contributed by atoms with Crippen LogP contribution in [0.5, 0.6) is 0 Å². The first-order valence-electron chi connectivity index (χ1n) is 10.7. The monoisotopic (exact) mass is 428 g/mol. The number of aliphatic hydroxyl groups excluding tert-OH is 1. The molecule has 3 atom stereocenters. The highest BCUT2D eigenvalue weighted by molar-refractivity contribution is 5.70. The van der Waals surface area contributed by atoms with Gasteiger partial charge in [-0.3, -0.25) is 4.79 Å². The quantitative estimate of drug-likeness (QED) is 0.706. The maximum absolute atomic E-state index is 12.8. The van der Waals surface area contributed by atoms with Gasteiger partial charge in [-0.2, -0.15) is 0 Å². The van der Waals surface area contributed by atoms with Crippen molar-refractivity contribution in [3.8, 4) is 11.1 Å². The Morgan fingerprint density at radius 3 is 2.42 bits per heavy atom. The number of aliphatic hydroxyl groups is 2. The van der Waals surface area contributed by atoms with Crippen LogP contribution in [0.1, 0.15) is 51.6 Å². The topological polar surface area (TPSA) is 92.0 Å². The number of aryl methyl sites for hydroxylation is 1. The van der Waals surface area contributed by atoms with Crippen LogP contribution in [0.2, 0.25) is 0 Å². The van der Waals surface area contributed by atoms with E-state index in [4.69, 9.17) is 4.74 Å². The first kappa shape index (κ1) is 23.0. The van der Waals surface area contributed by atoms with E-state index in [1.54, 1.807) is 31.1 Å². The number of amides is 1. The van der Waals surface area contributed by atoms with Crippen LogP contribution in [0.25, 0.3) is 11.1 Å². The molecule has 3 rings (SSSR count). The first-order chi connectivity index (χ1) is 14.6. The highest BCUT2D eigenvalue weighted by atomic mass is 16.6. The van der Waals surface area contributed by atoms with E-state index >= 15 is 0 Å². The Labute approximate surface area is 182 Å². The standard InChI is InChI=1S/C24H32N2O5/c1-5-24(15-23(3,30)16-27)11-13-26(22(29)31-24)17(2)18-6-8-19(9-7-18)20-10-12-25(4)21(28)14-20/h6-10,12,14,17,27,30H,5,11,13,15-16H2,1-4H3. The van der Waals surface area contributed by atoms with Crippen LogP contribution < -0.4 is 5.56 Å². The van der Waals surface area contributed by atoms with E-state index in [9.17, 15) is 19.8 Å². The summed E-state index contributed by atoms with van der Waals surface area (Å²) in [5, 5.41) is 19.7. The van der Waals surface area contributed by atoms with Gasteiger partial charge in [-0.05, 0) is 43.0 Å². The minimum absolute atomic E-state index is 0.0643. The molecule has 1 fully saturated rings. The van der Waals surface area contributed by atoms with E-state index in [0.29, 0.717) is 19.4 Å². The molecule has 0 aliphatic carbocycles. The summed E-state index contributed by atoms with van der Waals surface area (Å²) < 4.78 is 7.34. The van der Waals surface area contributed by atoms with Crippen molar-refractivity contribution >= 4 is 6.09 Å². The largest absolute Gasteiger partial charge is 0.443 e. The average molecular weight is 429 g/mol. The number of aromatic nitrogens is 1. The molecule has 3 unspecified atom stereocenters. The molecule has 7 heteroatoms. The minimum Gasteiger partial charge on any atom is -0.443 e. The number of pyridine rings is 1. The third-order valence-electron chi connectivity index (χ3n) is 6.33. The van der Waals surface area contributed by atoms with Crippen LogP contribution in [0, 0.1) is 0 Å². The lowest BCUT2D eigenvalue weighted by atomic mass is 9.83. The van der Waals surface area contributed by atoms with Crippen LogP contribution >= 0.6 is 0 Å². The van der Waals surface area contributed by atoms with E-state index in [1.807, 2.05) is 44.2 Å². The number of benzene rings is 1. The van der Waals surface area contributed by atoms with Gasteiger partial charge in [-0.1, -0.05) is 31.2 Å². The van der Waals surface area contributed by atoms with E-state index in [2.05, 4.69) is 0 Å². The number of rotatable bonds is 7. The zero-order valence-corrected chi connectivity index (χ0v) is 18.7. The maximum Gasteiger partial charge on any atom is 0.410 e. The van der Waals surface area contributed by atoms with E-state index in [1.165, 1.54) is 4.57 Å². The molecule has 2 heterocycles. The molecule has 1 aliphatic rings. The summed E-state index contributed by atoms with van der Waals surface area (Å²) in [6, 6.07) is 11.1. The first-order valence-corrected chi connectivity index (χ1v) is 10.7. The molecule has 0 spiro atoms. The van der Waals surface area contributed by atoms with Gasteiger partial charge in [0.25, 0.3) is 5.56 Å². The Morgan fingerprint density at radius 2 is 1.87 bits per heavy atom. The molecular formula is C24H32N2O5. The zero-order valence-electron chi connectivity index (χ0n) is 18.7. The number of hydrogen-bond donors (Lipinski definition) is 2. The summed E-state index contributed by atoms with van der Waals surface area (Å²) in [5.41, 5.74) is 0.622. The van der Waals surface area contributed by atoms with Crippen LogP contribution in [0.3, 0.4) is 0 Å². The van der Waals surface area contributed by atoms with E-state index < -0.39 is 17.3 Å². The fourth-order valence-corrected chi connectivity index (χ4v) is 4.17. The van der Waals surface area contributed by atoms with Crippen molar-refractivity contribution in [2.24, 2.45) is 7.05 Å². The summed E-state index contributed by atoms with van der Waals surface area (Å²) in [5.74, 6) is 0. The lowest BCUT2D eigenvalue weighted by Gasteiger charge is -2.45. The number of ether oxygens (including phenoxy) is 1. The van der Waals surface area contributed by atoms with Crippen molar-refractivity contribution in [2.45, 2.75) is 57.3 Å². The lowest BCUT2D eigenvalue weighted by Crippen LogP contribution is -2.53. The van der Waals surface area contributed by atoms with Gasteiger partial charge in [0.2, 0.25) is 0 Å². The van der Waals surface area contributed by atoms with Crippen LogP contribution in [-0.4, -0.2) is 50.1 Å². The van der Waals surface area contributed by atoms with Crippen LogP contribution in [-0.2, 0) is 11.8 Å². The Hall–Kier alpha value is -2.64. The number of cyclic esters (lactones) is 1. The average Bonchev–Trinajstić information content (AvgIpc) is 2.75. The highest BCUT2D eigenvalue weighted by Crippen LogP contribution is 2.37. The van der Waals surface area contributed by atoms with E-state index in [-0.39, 0.29) is 24.6 Å². The smallest absolute Gasteiger partial charge is 0.410 e. The molecule has 2 N–H and O–H groups in total. The summed E-state index contributed by atoms with van der Waals surface area (Å²) in [7, 11) is 1.71. The van der Waals surface area contributed by atoms with Gasteiger partial charge in [-0.15, -0.1) is 0 Å². The van der Waals surface area contributed by atoms with Gasteiger partial charge in [0.05, 0.1) is 18.2 Å². The van der Waals surface area contributed by atoms with Crippen molar-refractivity contribution < 1.29 is 19.7 Å². The van der Waals surface area contributed by atoms with Crippen molar-refractivity contribution in [2.75, 3.05) is 13.2 Å². The molecule has 1 aromatic carbocycles. The molecule has 0 saturated carbocycles. The molecule has 1 amide bonds. The SMILES string of the molecule is CCC1(CC(C)(O)CO)CCN(C(C)c2ccc(-c3ccn(C)c(=O)c3)cc2)C(=O)O1. The summed E-state index contributed by atoms with van der Waals surface area (Å²) in [4.78, 5) is 26.4. The predicted molar refractivity (Wildman–Crippen MR) is 119 cm³/mol. The van der Waals surface area contributed by atoms with Crippen LogP contribution in [0.4, 0.5) is 4.79 Å². The van der Waals surface area contributed by atoms with Gasteiger partial charge in [0.15, 0.2) is 0 Å². The highest BCUT2D eigenvalue weighted by Gasteiger charge is 2.44. The van der Waals surface area contributed by atoms with Crippen molar-refractivity contribution in [1.29, 1.82) is 0 Å². The molecule has 0 bridgehead atoms. The van der Waals surface area contributed by atoms with Crippen molar-refractivity contribution in [3.63, 3.8) is 0 Å². The van der Waals surface area contributed by atoms with Crippen LogP contribution in [0.15, 0.2) is 47.4 Å². The number of carbonyl (C=O) groups excluding carboxylic acids is 1. The zero-order chi connectivity index (χ0) is 22.8. The van der Waals surface area contributed by atoms with Crippen molar-refractivity contribution in [1.82, 2.24) is 9.47 Å². The van der Waals surface area contributed by atoms with Gasteiger partial charge in [-0.25, -0.2) is 4.79 Å². The number of carbonyl (C=O) groups is 1. The molecule has 2 aromatic rings.